The fraction of sp³-hybridized carbons (Fsp3) is 0.714. The van der Waals surface area contributed by atoms with Crippen molar-refractivity contribution >= 4 is 0 Å². The van der Waals surface area contributed by atoms with Crippen LogP contribution in [0.15, 0.2) is 22.8 Å². The standard InChI is InChI=1S/C14H23NO/c1-10-6-4-7-11(2)14(10)15-12(3)13-8-5-9-16-13/h5,8-12,14-15H,4,6-7H2,1-3H3/t10?,11?,12-,14?/m0/s1. The molecule has 1 saturated carbocycles. The van der Waals surface area contributed by atoms with Gasteiger partial charge >= 0.3 is 0 Å². The van der Waals surface area contributed by atoms with E-state index in [0.29, 0.717) is 12.1 Å². The Bertz CT molecular complexity index is 297. The molecule has 16 heavy (non-hydrogen) atoms. The van der Waals surface area contributed by atoms with E-state index < -0.39 is 0 Å². The molecule has 0 amide bonds. The van der Waals surface area contributed by atoms with Crippen molar-refractivity contribution in [1.82, 2.24) is 5.32 Å². The van der Waals surface area contributed by atoms with Gasteiger partial charge in [-0.25, -0.2) is 0 Å². The van der Waals surface area contributed by atoms with Gasteiger partial charge in [0.15, 0.2) is 0 Å². The molecule has 2 heteroatoms. The molecular formula is C14H23NO. The molecule has 2 unspecified atom stereocenters. The fourth-order valence-corrected chi connectivity index (χ4v) is 2.92. The van der Waals surface area contributed by atoms with Crippen molar-refractivity contribution < 1.29 is 4.42 Å². The molecule has 1 heterocycles. The van der Waals surface area contributed by atoms with Gasteiger partial charge in [-0.1, -0.05) is 20.3 Å². The Labute approximate surface area is 98.4 Å². The highest BCUT2D eigenvalue weighted by molar-refractivity contribution is 5.04. The molecule has 0 saturated heterocycles. The van der Waals surface area contributed by atoms with Gasteiger partial charge in [-0.3, -0.25) is 0 Å². The van der Waals surface area contributed by atoms with E-state index in [4.69, 9.17) is 4.42 Å². The molecular weight excluding hydrogens is 198 g/mol. The van der Waals surface area contributed by atoms with Gasteiger partial charge in [0.25, 0.3) is 0 Å². The molecule has 0 radical (unpaired) electrons. The highest BCUT2D eigenvalue weighted by atomic mass is 16.3. The van der Waals surface area contributed by atoms with Crippen LogP contribution in [0.2, 0.25) is 0 Å². The fourth-order valence-electron chi connectivity index (χ4n) is 2.92. The maximum atomic E-state index is 5.44. The van der Waals surface area contributed by atoms with Crippen molar-refractivity contribution in [2.75, 3.05) is 0 Å². The summed E-state index contributed by atoms with van der Waals surface area (Å²) >= 11 is 0. The van der Waals surface area contributed by atoms with Crippen molar-refractivity contribution in [3.63, 3.8) is 0 Å². The second-order valence-corrected chi connectivity index (χ2v) is 5.32. The predicted octanol–water partition coefficient (Wildman–Crippen LogP) is 3.75. The monoisotopic (exact) mass is 221 g/mol. The first-order valence-corrected chi connectivity index (χ1v) is 6.48. The molecule has 1 aromatic heterocycles. The maximum absolute atomic E-state index is 5.44. The zero-order valence-electron chi connectivity index (χ0n) is 10.6. The third-order valence-corrected chi connectivity index (χ3v) is 3.96. The first-order chi connectivity index (χ1) is 7.68. The normalized spacial score (nSPS) is 32.6. The van der Waals surface area contributed by atoms with E-state index in [1.165, 1.54) is 19.3 Å². The Morgan fingerprint density at radius 2 is 2.00 bits per heavy atom. The Hall–Kier alpha value is -0.760. The lowest BCUT2D eigenvalue weighted by atomic mass is 9.78. The summed E-state index contributed by atoms with van der Waals surface area (Å²) in [5, 5.41) is 3.73. The van der Waals surface area contributed by atoms with Crippen LogP contribution in [0.25, 0.3) is 0 Å². The molecule has 1 aliphatic carbocycles. The van der Waals surface area contributed by atoms with Gasteiger partial charge in [-0.2, -0.15) is 0 Å². The summed E-state index contributed by atoms with van der Waals surface area (Å²) in [7, 11) is 0. The summed E-state index contributed by atoms with van der Waals surface area (Å²) < 4.78 is 5.44. The summed E-state index contributed by atoms with van der Waals surface area (Å²) in [6.07, 6.45) is 5.84. The molecule has 3 atom stereocenters. The van der Waals surface area contributed by atoms with Crippen LogP contribution in [0.3, 0.4) is 0 Å². The summed E-state index contributed by atoms with van der Waals surface area (Å²) in [5.41, 5.74) is 0. The van der Waals surface area contributed by atoms with E-state index in [1.807, 2.05) is 6.07 Å². The third-order valence-electron chi connectivity index (χ3n) is 3.96. The maximum Gasteiger partial charge on any atom is 0.120 e. The topological polar surface area (TPSA) is 25.2 Å². The van der Waals surface area contributed by atoms with Gasteiger partial charge in [0, 0.05) is 6.04 Å². The molecule has 1 fully saturated rings. The van der Waals surface area contributed by atoms with Crippen molar-refractivity contribution in [3.05, 3.63) is 24.2 Å². The van der Waals surface area contributed by atoms with Crippen LogP contribution in [-0.2, 0) is 0 Å². The van der Waals surface area contributed by atoms with Gasteiger partial charge < -0.3 is 9.73 Å². The van der Waals surface area contributed by atoms with E-state index in [9.17, 15) is 0 Å². The molecule has 1 N–H and O–H groups in total. The van der Waals surface area contributed by atoms with Crippen molar-refractivity contribution in [1.29, 1.82) is 0 Å². The van der Waals surface area contributed by atoms with Crippen LogP contribution in [0.1, 0.15) is 51.8 Å². The lowest BCUT2D eigenvalue weighted by Gasteiger charge is -2.36. The molecule has 0 bridgehead atoms. The largest absolute Gasteiger partial charge is 0.468 e. The highest BCUT2D eigenvalue weighted by Gasteiger charge is 2.29. The van der Waals surface area contributed by atoms with Gasteiger partial charge in [-0.15, -0.1) is 0 Å². The molecule has 0 spiro atoms. The molecule has 1 aliphatic rings. The predicted molar refractivity (Wildman–Crippen MR) is 66.2 cm³/mol. The van der Waals surface area contributed by atoms with Crippen molar-refractivity contribution in [2.45, 2.75) is 52.1 Å². The number of hydrogen-bond acceptors (Lipinski definition) is 2. The molecule has 1 aromatic rings. The van der Waals surface area contributed by atoms with Crippen LogP contribution in [0.4, 0.5) is 0 Å². The van der Waals surface area contributed by atoms with Crippen molar-refractivity contribution in [2.24, 2.45) is 11.8 Å². The molecule has 90 valence electrons. The molecule has 0 aromatic carbocycles. The van der Waals surface area contributed by atoms with E-state index in [2.05, 4.69) is 32.2 Å². The summed E-state index contributed by atoms with van der Waals surface area (Å²) in [5.74, 6) is 2.60. The zero-order valence-corrected chi connectivity index (χ0v) is 10.6. The molecule has 0 aliphatic heterocycles. The number of nitrogens with one attached hydrogen (secondary N) is 1. The summed E-state index contributed by atoms with van der Waals surface area (Å²) in [4.78, 5) is 0. The minimum atomic E-state index is 0.322. The summed E-state index contributed by atoms with van der Waals surface area (Å²) in [6, 6.07) is 4.97. The lowest BCUT2D eigenvalue weighted by molar-refractivity contribution is 0.190. The van der Waals surface area contributed by atoms with E-state index in [1.54, 1.807) is 6.26 Å². The van der Waals surface area contributed by atoms with E-state index >= 15 is 0 Å². The average molecular weight is 221 g/mol. The zero-order chi connectivity index (χ0) is 11.5. The second-order valence-electron chi connectivity index (χ2n) is 5.32. The Morgan fingerprint density at radius 1 is 1.31 bits per heavy atom. The second kappa shape index (κ2) is 5.05. The minimum absolute atomic E-state index is 0.322. The quantitative estimate of drug-likeness (QED) is 0.840. The first-order valence-electron chi connectivity index (χ1n) is 6.48. The summed E-state index contributed by atoms with van der Waals surface area (Å²) in [6.45, 7) is 6.91. The Balaban J connectivity index is 1.97. The van der Waals surface area contributed by atoms with Gasteiger partial charge in [-0.05, 0) is 43.7 Å². The van der Waals surface area contributed by atoms with Gasteiger partial charge in [0.2, 0.25) is 0 Å². The van der Waals surface area contributed by atoms with E-state index in [-0.39, 0.29) is 0 Å². The number of furan rings is 1. The number of rotatable bonds is 3. The van der Waals surface area contributed by atoms with E-state index in [0.717, 1.165) is 17.6 Å². The molecule has 2 nitrogen and oxygen atoms in total. The van der Waals surface area contributed by atoms with Gasteiger partial charge in [0.05, 0.1) is 12.3 Å². The number of hydrogen-bond donors (Lipinski definition) is 1. The average Bonchev–Trinajstić information content (AvgIpc) is 2.76. The van der Waals surface area contributed by atoms with Crippen LogP contribution in [0, 0.1) is 11.8 Å². The third kappa shape index (κ3) is 2.49. The Kier molecular flexibility index (Phi) is 3.70. The smallest absolute Gasteiger partial charge is 0.120 e. The van der Waals surface area contributed by atoms with Crippen molar-refractivity contribution in [3.8, 4) is 0 Å². The van der Waals surface area contributed by atoms with Crippen LogP contribution < -0.4 is 5.32 Å². The minimum Gasteiger partial charge on any atom is -0.468 e. The first kappa shape index (κ1) is 11.7. The lowest BCUT2D eigenvalue weighted by Crippen LogP contribution is -2.43. The SMILES string of the molecule is CC1CCCC(C)C1N[C@@H](C)c1ccco1. The Morgan fingerprint density at radius 3 is 2.56 bits per heavy atom. The highest BCUT2D eigenvalue weighted by Crippen LogP contribution is 2.30. The van der Waals surface area contributed by atoms with Crippen LogP contribution in [-0.4, -0.2) is 6.04 Å². The molecule has 2 rings (SSSR count). The van der Waals surface area contributed by atoms with Crippen LogP contribution >= 0.6 is 0 Å². The van der Waals surface area contributed by atoms with Crippen LogP contribution in [0.5, 0.6) is 0 Å². The van der Waals surface area contributed by atoms with Gasteiger partial charge in [0.1, 0.15) is 5.76 Å².